The van der Waals surface area contributed by atoms with E-state index in [-0.39, 0.29) is 12.1 Å². The predicted octanol–water partition coefficient (Wildman–Crippen LogP) is 1.36. The number of likely N-dealkylation sites (N-methyl/N-ethyl adjacent to an activating group) is 1. The maximum Gasteiger partial charge on any atom is 0.0613 e. The number of aliphatic hydroxyl groups is 1. The fourth-order valence-electron chi connectivity index (χ4n) is 3.61. The third-order valence-electron chi connectivity index (χ3n) is 4.78. The van der Waals surface area contributed by atoms with E-state index in [0.717, 1.165) is 18.9 Å². The van der Waals surface area contributed by atoms with Gasteiger partial charge in [-0.2, -0.15) is 0 Å². The van der Waals surface area contributed by atoms with Crippen molar-refractivity contribution in [2.75, 3.05) is 20.2 Å². The standard InChI is InChI=1S/C13H26N2O/c1-3-11-5-4-8-15(11)12-6-7-13(9-12,10-16)14-2/h11-12,14,16H,3-10H2,1-2H3. The first-order valence-electron chi connectivity index (χ1n) is 6.80. The molecule has 0 radical (unpaired) electrons. The molecule has 0 bridgehead atoms. The molecule has 3 nitrogen and oxygen atoms in total. The Morgan fingerprint density at radius 2 is 2.25 bits per heavy atom. The first-order chi connectivity index (χ1) is 7.74. The van der Waals surface area contributed by atoms with Crippen LogP contribution in [0.4, 0.5) is 0 Å². The van der Waals surface area contributed by atoms with Gasteiger partial charge in [0.05, 0.1) is 6.61 Å². The Hall–Kier alpha value is -0.120. The molecule has 0 aromatic carbocycles. The second kappa shape index (κ2) is 5.03. The van der Waals surface area contributed by atoms with Crippen molar-refractivity contribution in [1.29, 1.82) is 0 Å². The van der Waals surface area contributed by atoms with Gasteiger partial charge in [0.1, 0.15) is 0 Å². The molecule has 0 amide bonds. The van der Waals surface area contributed by atoms with Crippen molar-refractivity contribution in [2.24, 2.45) is 0 Å². The Morgan fingerprint density at radius 1 is 1.44 bits per heavy atom. The van der Waals surface area contributed by atoms with E-state index < -0.39 is 0 Å². The molecule has 1 aliphatic carbocycles. The van der Waals surface area contributed by atoms with Crippen LogP contribution in [0.25, 0.3) is 0 Å². The first-order valence-corrected chi connectivity index (χ1v) is 6.80. The Bertz CT molecular complexity index is 228. The molecule has 2 fully saturated rings. The molecule has 1 heterocycles. The van der Waals surface area contributed by atoms with Gasteiger partial charge in [0, 0.05) is 17.6 Å². The van der Waals surface area contributed by atoms with Crippen LogP contribution in [-0.4, -0.2) is 47.8 Å². The van der Waals surface area contributed by atoms with Crippen molar-refractivity contribution in [1.82, 2.24) is 10.2 Å². The highest BCUT2D eigenvalue weighted by atomic mass is 16.3. The molecule has 3 heteroatoms. The fraction of sp³-hybridized carbons (Fsp3) is 1.00. The highest BCUT2D eigenvalue weighted by Crippen LogP contribution is 2.36. The minimum atomic E-state index is 0.00550. The molecule has 1 aliphatic heterocycles. The summed E-state index contributed by atoms with van der Waals surface area (Å²) in [6, 6.07) is 1.50. The minimum Gasteiger partial charge on any atom is -0.394 e. The second-order valence-electron chi connectivity index (χ2n) is 5.53. The zero-order chi connectivity index (χ0) is 11.6. The molecule has 3 unspecified atom stereocenters. The molecular weight excluding hydrogens is 200 g/mol. The van der Waals surface area contributed by atoms with E-state index in [0.29, 0.717) is 6.04 Å². The smallest absolute Gasteiger partial charge is 0.0613 e. The zero-order valence-corrected chi connectivity index (χ0v) is 10.7. The summed E-state index contributed by atoms with van der Waals surface area (Å²) in [7, 11) is 1.99. The lowest BCUT2D eigenvalue weighted by molar-refractivity contribution is 0.140. The molecule has 94 valence electrons. The molecule has 16 heavy (non-hydrogen) atoms. The lowest BCUT2D eigenvalue weighted by atomic mass is 9.98. The van der Waals surface area contributed by atoms with Crippen LogP contribution in [0.1, 0.15) is 45.4 Å². The van der Waals surface area contributed by atoms with E-state index in [1.54, 1.807) is 0 Å². The summed E-state index contributed by atoms with van der Waals surface area (Å²) in [5.74, 6) is 0. The summed E-state index contributed by atoms with van der Waals surface area (Å²) >= 11 is 0. The van der Waals surface area contributed by atoms with Gasteiger partial charge >= 0.3 is 0 Å². The van der Waals surface area contributed by atoms with Crippen LogP contribution in [0.2, 0.25) is 0 Å². The summed E-state index contributed by atoms with van der Waals surface area (Å²) < 4.78 is 0. The van der Waals surface area contributed by atoms with Crippen molar-refractivity contribution >= 4 is 0 Å². The summed E-state index contributed by atoms with van der Waals surface area (Å²) in [5.41, 5.74) is 0.00550. The average molecular weight is 226 g/mol. The van der Waals surface area contributed by atoms with Gasteiger partial charge in [-0.05, 0) is 52.1 Å². The summed E-state index contributed by atoms with van der Waals surface area (Å²) in [6.07, 6.45) is 7.51. The third-order valence-corrected chi connectivity index (χ3v) is 4.78. The van der Waals surface area contributed by atoms with Crippen LogP contribution in [0.3, 0.4) is 0 Å². The Morgan fingerprint density at radius 3 is 2.81 bits per heavy atom. The van der Waals surface area contributed by atoms with Gasteiger partial charge in [-0.1, -0.05) is 6.92 Å². The lowest BCUT2D eigenvalue weighted by Crippen LogP contribution is -2.46. The molecule has 0 spiro atoms. The van der Waals surface area contributed by atoms with Crippen LogP contribution >= 0.6 is 0 Å². The summed E-state index contributed by atoms with van der Waals surface area (Å²) in [5, 5.41) is 12.9. The number of rotatable bonds is 4. The van der Waals surface area contributed by atoms with Crippen molar-refractivity contribution in [3.05, 3.63) is 0 Å². The van der Waals surface area contributed by atoms with Gasteiger partial charge in [-0.15, -0.1) is 0 Å². The maximum absolute atomic E-state index is 9.52. The lowest BCUT2D eigenvalue weighted by Gasteiger charge is -2.32. The SMILES string of the molecule is CCC1CCCN1C1CCC(CO)(NC)C1. The second-order valence-corrected chi connectivity index (χ2v) is 5.53. The highest BCUT2D eigenvalue weighted by Gasteiger charge is 2.42. The van der Waals surface area contributed by atoms with Crippen molar-refractivity contribution in [2.45, 2.75) is 63.1 Å². The molecule has 0 aromatic rings. The monoisotopic (exact) mass is 226 g/mol. The number of hydrogen-bond donors (Lipinski definition) is 2. The van der Waals surface area contributed by atoms with Crippen LogP contribution in [-0.2, 0) is 0 Å². The largest absolute Gasteiger partial charge is 0.394 e. The summed E-state index contributed by atoms with van der Waals surface area (Å²) in [4.78, 5) is 2.70. The van der Waals surface area contributed by atoms with Crippen LogP contribution in [0.5, 0.6) is 0 Å². The number of hydrogen-bond acceptors (Lipinski definition) is 3. The molecule has 1 saturated carbocycles. The van der Waals surface area contributed by atoms with E-state index in [9.17, 15) is 5.11 Å². The number of likely N-dealkylation sites (tertiary alicyclic amines) is 1. The molecule has 1 saturated heterocycles. The summed E-state index contributed by atoms with van der Waals surface area (Å²) in [6.45, 7) is 3.86. The maximum atomic E-state index is 9.52. The normalized spacial score (nSPS) is 40.7. The Labute approximate surface area is 99.2 Å². The van der Waals surface area contributed by atoms with E-state index >= 15 is 0 Å². The van der Waals surface area contributed by atoms with Crippen molar-refractivity contribution in [3.63, 3.8) is 0 Å². The molecule has 0 aromatic heterocycles. The van der Waals surface area contributed by atoms with E-state index in [1.165, 1.54) is 32.2 Å². The molecule has 3 atom stereocenters. The first kappa shape index (κ1) is 12.3. The van der Waals surface area contributed by atoms with Gasteiger partial charge in [0.25, 0.3) is 0 Å². The quantitative estimate of drug-likeness (QED) is 0.760. The Kier molecular flexibility index (Phi) is 3.88. The van der Waals surface area contributed by atoms with E-state index in [2.05, 4.69) is 17.1 Å². The number of aliphatic hydroxyl groups excluding tert-OH is 1. The van der Waals surface area contributed by atoms with Gasteiger partial charge < -0.3 is 10.4 Å². The zero-order valence-electron chi connectivity index (χ0n) is 10.7. The van der Waals surface area contributed by atoms with Crippen LogP contribution < -0.4 is 5.32 Å². The van der Waals surface area contributed by atoms with Crippen LogP contribution in [0, 0.1) is 0 Å². The minimum absolute atomic E-state index is 0.00550. The fourth-order valence-corrected chi connectivity index (χ4v) is 3.61. The highest BCUT2D eigenvalue weighted by molar-refractivity contribution is 5.00. The van der Waals surface area contributed by atoms with Crippen molar-refractivity contribution in [3.8, 4) is 0 Å². The van der Waals surface area contributed by atoms with Crippen molar-refractivity contribution < 1.29 is 5.11 Å². The van der Waals surface area contributed by atoms with Gasteiger partial charge in [-0.3, -0.25) is 4.90 Å². The van der Waals surface area contributed by atoms with Gasteiger partial charge in [0.2, 0.25) is 0 Å². The molecule has 2 aliphatic rings. The third kappa shape index (κ3) is 2.13. The number of nitrogens with zero attached hydrogens (tertiary/aromatic N) is 1. The molecule has 2 rings (SSSR count). The Balaban J connectivity index is 1.97. The molecule has 2 N–H and O–H groups in total. The van der Waals surface area contributed by atoms with Gasteiger partial charge in [0.15, 0.2) is 0 Å². The molecular formula is C13H26N2O. The van der Waals surface area contributed by atoms with E-state index in [4.69, 9.17) is 0 Å². The average Bonchev–Trinajstić information content (AvgIpc) is 2.95. The topological polar surface area (TPSA) is 35.5 Å². The number of nitrogens with one attached hydrogen (secondary N) is 1. The van der Waals surface area contributed by atoms with Crippen LogP contribution in [0.15, 0.2) is 0 Å². The van der Waals surface area contributed by atoms with Gasteiger partial charge in [-0.25, -0.2) is 0 Å². The van der Waals surface area contributed by atoms with E-state index in [1.807, 2.05) is 7.05 Å². The predicted molar refractivity (Wildman–Crippen MR) is 66.5 cm³/mol.